The molecular formula is C17H18BrCl. The van der Waals surface area contributed by atoms with Crippen molar-refractivity contribution in [1.29, 1.82) is 0 Å². The molecule has 0 saturated carbocycles. The Balaban J connectivity index is 2.17. The molecule has 0 N–H and O–H groups in total. The van der Waals surface area contributed by atoms with E-state index in [-0.39, 0.29) is 5.38 Å². The monoisotopic (exact) mass is 336 g/mol. The van der Waals surface area contributed by atoms with Crippen molar-refractivity contribution in [1.82, 2.24) is 0 Å². The van der Waals surface area contributed by atoms with Crippen LogP contribution in [0.4, 0.5) is 0 Å². The minimum Gasteiger partial charge on any atom is -0.113 e. The highest BCUT2D eigenvalue weighted by Crippen LogP contribution is 2.30. The SMILES string of the molecule is CC(C)Cc1ccc(C(Cl)c2cccc(Br)c2)cc1. The molecule has 2 aromatic carbocycles. The van der Waals surface area contributed by atoms with Gasteiger partial charge in [0.05, 0.1) is 5.38 Å². The molecule has 0 aliphatic rings. The van der Waals surface area contributed by atoms with Crippen LogP contribution in [-0.4, -0.2) is 0 Å². The van der Waals surface area contributed by atoms with Gasteiger partial charge in [0.15, 0.2) is 0 Å². The van der Waals surface area contributed by atoms with Crippen LogP contribution < -0.4 is 0 Å². The third kappa shape index (κ3) is 4.09. The fourth-order valence-electron chi connectivity index (χ4n) is 2.15. The second kappa shape index (κ2) is 6.58. The van der Waals surface area contributed by atoms with Gasteiger partial charge in [-0.2, -0.15) is 0 Å². The fourth-order valence-corrected chi connectivity index (χ4v) is 2.85. The summed E-state index contributed by atoms with van der Waals surface area (Å²) in [5.74, 6) is 0.683. The first-order valence-corrected chi connectivity index (χ1v) is 7.77. The summed E-state index contributed by atoms with van der Waals surface area (Å²) in [6, 6.07) is 16.8. The molecule has 0 aromatic heterocycles. The molecule has 1 atom stereocenters. The third-order valence-corrected chi connectivity index (χ3v) is 4.05. The molecule has 0 radical (unpaired) electrons. The number of halogens is 2. The summed E-state index contributed by atoms with van der Waals surface area (Å²) >= 11 is 10.0. The fraction of sp³-hybridized carbons (Fsp3) is 0.294. The van der Waals surface area contributed by atoms with Gasteiger partial charge < -0.3 is 0 Å². The lowest BCUT2D eigenvalue weighted by atomic mass is 9.99. The van der Waals surface area contributed by atoms with E-state index >= 15 is 0 Å². The van der Waals surface area contributed by atoms with Crippen molar-refractivity contribution in [3.8, 4) is 0 Å². The Labute approximate surface area is 128 Å². The first-order chi connectivity index (χ1) is 9.06. The zero-order chi connectivity index (χ0) is 13.8. The molecule has 0 amide bonds. The summed E-state index contributed by atoms with van der Waals surface area (Å²) in [7, 11) is 0. The summed E-state index contributed by atoms with van der Waals surface area (Å²) in [4.78, 5) is 0. The van der Waals surface area contributed by atoms with Crippen molar-refractivity contribution >= 4 is 27.5 Å². The predicted octanol–water partition coefficient (Wildman–Crippen LogP) is 5.98. The normalized spacial score (nSPS) is 12.7. The van der Waals surface area contributed by atoms with Gasteiger partial charge in [-0.1, -0.05) is 66.2 Å². The van der Waals surface area contributed by atoms with Crippen LogP contribution in [0.25, 0.3) is 0 Å². The summed E-state index contributed by atoms with van der Waals surface area (Å²) in [6.45, 7) is 4.47. The average molecular weight is 338 g/mol. The number of alkyl halides is 1. The van der Waals surface area contributed by atoms with E-state index in [0.717, 1.165) is 22.0 Å². The van der Waals surface area contributed by atoms with E-state index in [2.05, 4.69) is 66.2 Å². The number of benzene rings is 2. The molecule has 0 fully saturated rings. The molecule has 0 nitrogen and oxygen atoms in total. The van der Waals surface area contributed by atoms with Gasteiger partial charge in [-0.3, -0.25) is 0 Å². The van der Waals surface area contributed by atoms with Crippen molar-refractivity contribution in [3.63, 3.8) is 0 Å². The number of rotatable bonds is 4. The molecule has 0 spiro atoms. The van der Waals surface area contributed by atoms with E-state index in [1.165, 1.54) is 5.56 Å². The first-order valence-electron chi connectivity index (χ1n) is 6.54. The molecule has 0 bridgehead atoms. The maximum atomic E-state index is 6.54. The van der Waals surface area contributed by atoms with Gasteiger partial charge in [0.2, 0.25) is 0 Å². The van der Waals surface area contributed by atoms with Crippen LogP contribution in [0.3, 0.4) is 0 Å². The highest BCUT2D eigenvalue weighted by atomic mass is 79.9. The summed E-state index contributed by atoms with van der Waals surface area (Å²) in [5, 5.41) is -0.0920. The van der Waals surface area contributed by atoms with E-state index < -0.39 is 0 Å². The van der Waals surface area contributed by atoms with Gasteiger partial charge >= 0.3 is 0 Å². The Morgan fingerprint density at radius 2 is 1.68 bits per heavy atom. The summed E-state index contributed by atoms with van der Waals surface area (Å²) in [6.07, 6.45) is 1.12. The van der Waals surface area contributed by atoms with Gasteiger partial charge in [0.25, 0.3) is 0 Å². The standard InChI is InChI=1S/C17H18BrCl/c1-12(2)10-13-6-8-14(9-7-13)17(19)15-4-3-5-16(18)11-15/h3-9,11-12,17H,10H2,1-2H3. The summed E-state index contributed by atoms with van der Waals surface area (Å²) in [5.41, 5.74) is 3.64. The third-order valence-electron chi connectivity index (χ3n) is 3.06. The lowest BCUT2D eigenvalue weighted by molar-refractivity contribution is 0.647. The van der Waals surface area contributed by atoms with Gasteiger partial charge in [-0.25, -0.2) is 0 Å². The Hall–Kier alpha value is -0.790. The minimum absolute atomic E-state index is 0.0920. The Morgan fingerprint density at radius 3 is 2.26 bits per heavy atom. The van der Waals surface area contributed by atoms with Crippen molar-refractivity contribution < 1.29 is 0 Å². The van der Waals surface area contributed by atoms with Crippen molar-refractivity contribution in [2.45, 2.75) is 25.6 Å². The maximum Gasteiger partial charge on any atom is 0.0835 e. The van der Waals surface area contributed by atoms with E-state index in [0.29, 0.717) is 5.92 Å². The van der Waals surface area contributed by atoms with Crippen LogP contribution in [0.2, 0.25) is 0 Å². The maximum absolute atomic E-state index is 6.54. The van der Waals surface area contributed by atoms with E-state index in [4.69, 9.17) is 11.6 Å². The molecule has 2 aromatic rings. The second-order valence-corrected chi connectivity index (χ2v) is 6.61. The molecule has 1 unspecified atom stereocenters. The Morgan fingerprint density at radius 1 is 1.00 bits per heavy atom. The lowest BCUT2D eigenvalue weighted by Crippen LogP contribution is -1.96. The highest BCUT2D eigenvalue weighted by Gasteiger charge is 2.11. The van der Waals surface area contributed by atoms with Gasteiger partial charge in [-0.05, 0) is 41.2 Å². The lowest BCUT2D eigenvalue weighted by Gasteiger charge is -2.12. The minimum atomic E-state index is -0.0920. The smallest absolute Gasteiger partial charge is 0.0835 e. The predicted molar refractivity (Wildman–Crippen MR) is 86.8 cm³/mol. The average Bonchev–Trinajstić information content (AvgIpc) is 2.38. The first kappa shape index (κ1) is 14.6. The van der Waals surface area contributed by atoms with Gasteiger partial charge in [0.1, 0.15) is 0 Å². The molecule has 0 aliphatic heterocycles. The van der Waals surface area contributed by atoms with Crippen LogP contribution in [0.5, 0.6) is 0 Å². The zero-order valence-corrected chi connectivity index (χ0v) is 13.6. The molecule has 100 valence electrons. The van der Waals surface area contributed by atoms with Gasteiger partial charge in [0, 0.05) is 4.47 Å². The van der Waals surface area contributed by atoms with Crippen LogP contribution in [0.15, 0.2) is 53.0 Å². The van der Waals surface area contributed by atoms with Crippen LogP contribution in [-0.2, 0) is 6.42 Å². The number of hydrogen-bond acceptors (Lipinski definition) is 0. The second-order valence-electron chi connectivity index (χ2n) is 5.26. The molecular weight excluding hydrogens is 320 g/mol. The molecule has 0 saturated heterocycles. The number of hydrogen-bond donors (Lipinski definition) is 0. The molecule has 2 heteroatoms. The van der Waals surface area contributed by atoms with Crippen LogP contribution in [0.1, 0.15) is 35.9 Å². The Bertz CT molecular complexity index is 531. The molecule has 2 rings (SSSR count). The topological polar surface area (TPSA) is 0 Å². The van der Waals surface area contributed by atoms with Crippen molar-refractivity contribution in [2.75, 3.05) is 0 Å². The highest BCUT2D eigenvalue weighted by molar-refractivity contribution is 9.10. The van der Waals surface area contributed by atoms with E-state index in [1.807, 2.05) is 12.1 Å². The quantitative estimate of drug-likeness (QED) is 0.602. The molecule has 0 heterocycles. The molecule has 0 aliphatic carbocycles. The largest absolute Gasteiger partial charge is 0.113 e. The zero-order valence-electron chi connectivity index (χ0n) is 11.2. The van der Waals surface area contributed by atoms with Crippen molar-refractivity contribution in [3.05, 3.63) is 69.7 Å². The van der Waals surface area contributed by atoms with E-state index in [9.17, 15) is 0 Å². The Kier molecular flexibility index (Phi) is 5.06. The van der Waals surface area contributed by atoms with Gasteiger partial charge in [-0.15, -0.1) is 11.6 Å². The van der Waals surface area contributed by atoms with Crippen LogP contribution in [0, 0.1) is 5.92 Å². The molecule has 19 heavy (non-hydrogen) atoms. The van der Waals surface area contributed by atoms with Crippen LogP contribution >= 0.6 is 27.5 Å². The summed E-state index contributed by atoms with van der Waals surface area (Å²) < 4.78 is 1.06. The van der Waals surface area contributed by atoms with E-state index in [1.54, 1.807) is 0 Å². The van der Waals surface area contributed by atoms with Crippen molar-refractivity contribution in [2.24, 2.45) is 5.92 Å².